The summed E-state index contributed by atoms with van der Waals surface area (Å²) >= 11 is 0. The van der Waals surface area contributed by atoms with Gasteiger partial charge in [-0.1, -0.05) is 20.8 Å². The Morgan fingerprint density at radius 1 is 1.33 bits per heavy atom. The molecule has 0 aliphatic heterocycles. The number of hydrogen-bond donors (Lipinski definition) is 1. The third-order valence-electron chi connectivity index (χ3n) is 3.40. The van der Waals surface area contributed by atoms with E-state index in [9.17, 15) is 0 Å². The van der Waals surface area contributed by atoms with Crippen LogP contribution in [-0.2, 0) is 11.8 Å². The van der Waals surface area contributed by atoms with Gasteiger partial charge >= 0.3 is 0 Å². The molecule has 21 heavy (non-hydrogen) atoms. The topological polar surface area (TPSA) is 55.4 Å². The number of aromatic nitrogens is 3. The van der Waals surface area contributed by atoms with Gasteiger partial charge in [0.2, 0.25) is 0 Å². The first kappa shape index (κ1) is 13.7. The van der Waals surface area contributed by atoms with Crippen LogP contribution in [0.2, 0.25) is 0 Å². The standard InChI is InChI=1S/C16H20N4O/c1-16(2,3)14-11-13-15(18-8-9-20(13)19-14)17-7-6-12-5-4-10-21-12/h4-5,8-11H,6-7H2,1-3H3,(H,17,18). The van der Waals surface area contributed by atoms with Crippen LogP contribution in [-0.4, -0.2) is 21.1 Å². The predicted octanol–water partition coefficient (Wildman–Crippen LogP) is 3.27. The Hall–Kier alpha value is -2.30. The van der Waals surface area contributed by atoms with Crippen molar-refractivity contribution in [3.05, 3.63) is 48.3 Å². The Labute approximate surface area is 124 Å². The monoisotopic (exact) mass is 284 g/mol. The summed E-state index contributed by atoms with van der Waals surface area (Å²) in [5, 5.41) is 7.98. The van der Waals surface area contributed by atoms with Gasteiger partial charge in [0.1, 0.15) is 11.3 Å². The fourth-order valence-corrected chi connectivity index (χ4v) is 2.18. The SMILES string of the molecule is CC(C)(C)c1cc2c(NCCc3ccco3)nccn2n1. The molecule has 3 aromatic heterocycles. The van der Waals surface area contributed by atoms with Crippen LogP contribution in [0.1, 0.15) is 32.2 Å². The van der Waals surface area contributed by atoms with Gasteiger partial charge in [-0.05, 0) is 18.2 Å². The molecule has 0 aliphatic carbocycles. The van der Waals surface area contributed by atoms with Gasteiger partial charge in [-0.2, -0.15) is 5.10 Å². The lowest BCUT2D eigenvalue weighted by Gasteiger charge is -2.13. The number of nitrogens with zero attached hydrogens (tertiary/aromatic N) is 3. The molecule has 0 atom stereocenters. The molecule has 0 amide bonds. The van der Waals surface area contributed by atoms with Crippen LogP contribution in [0.3, 0.4) is 0 Å². The van der Waals surface area contributed by atoms with E-state index in [0.717, 1.165) is 35.8 Å². The van der Waals surface area contributed by atoms with Crippen molar-refractivity contribution in [3.63, 3.8) is 0 Å². The number of rotatable bonds is 4. The van der Waals surface area contributed by atoms with E-state index in [1.54, 1.807) is 12.5 Å². The van der Waals surface area contributed by atoms with Gasteiger partial charge in [0.05, 0.1) is 12.0 Å². The second-order valence-electron chi connectivity index (χ2n) is 6.14. The van der Waals surface area contributed by atoms with Crippen molar-refractivity contribution < 1.29 is 4.42 Å². The summed E-state index contributed by atoms with van der Waals surface area (Å²) in [6, 6.07) is 5.98. The van der Waals surface area contributed by atoms with Crippen molar-refractivity contribution in [3.8, 4) is 0 Å². The molecule has 3 heterocycles. The quantitative estimate of drug-likeness (QED) is 0.799. The molecule has 0 unspecified atom stereocenters. The summed E-state index contributed by atoms with van der Waals surface area (Å²) < 4.78 is 7.21. The molecule has 3 aromatic rings. The Balaban J connectivity index is 1.80. The average molecular weight is 284 g/mol. The Morgan fingerprint density at radius 3 is 2.90 bits per heavy atom. The van der Waals surface area contributed by atoms with Gasteiger partial charge in [-0.3, -0.25) is 0 Å². The highest BCUT2D eigenvalue weighted by Crippen LogP contribution is 2.24. The lowest BCUT2D eigenvalue weighted by Crippen LogP contribution is -2.11. The summed E-state index contributed by atoms with van der Waals surface area (Å²) in [4.78, 5) is 4.42. The van der Waals surface area contributed by atoms with Crippen molar-refractivity contribution in [1.82, 2.24) is 14.6 Å². The molecule has 5 nitrogen and oxygen atoms in total. The molecule has 0 saturated heterocycles. The normalized spacial score (nSPS) is 12.0. The van der Waals surface area contributed by atoms with Crippen LogP contribution in [0.5, 0.6) is 0 Å². The van der Waals surface area contributed by atoms with Crippen molar-refractivity contribution in [2.24, 2.45) is 0 Å². The highest BCUT2D eigenvalue weighted by molar-refractivity contribution is 5.68. The number of furan rings is 1. The molecule has 110 valence electrons. The van der Waals surface area contributed by atoms with E-state index in [1.165, 1.54) is 0 Å². The zero-order chi connectivity index (χ0) is 14.9. The molecular weight excluding hydrogens is 264 g/mol. The Morgan fingerprint density at radius 2 is 2.19 bits per heavy atom. The molecule has 0 bridgehead atoms. The fraction of sp³-hybridized carbons (Fsp3) is 0.375. The van der Waals surface area contributed by atoms with Gasteiger partial charge < -0.3 is 9.73 Å². The first-order valence-corrected chi connectivity index (χ1v) is 7.15. The third-order valence-corrected chi connectivity index (χ3v) is 3.40. The maximum Gasteiger partial charge on any atom is 0.152 e. The number of fused-ring (bicyclic) bond motifs is 1. The Bertz CT molecular complexity index is 722. The number of hydrogen-bond acceptors (Lipinski definition) is 4. The molecule has 0 spiro atoms. The van der Waals surface area contributed by atoms with Gasteiger partial charge in [0, 0.05) is 30.8 Å². The van der Waals surface area contributed by atoms with E-state index in [1.807, 2.05) is 22.8 Å². The third kappa shape index (κ3) is 2.91. The summed E-state index contributed by atoms with van der Waals surface area (Å²) in [6.07, 6.45) is 6.17. The van der Waals surface area contributed by atoms with Gasteiger partial charge in [0.15, 0.2) is 5.82 Å². The second kappa shape index (κ2) is 5.24. The molecule has 1 N–H and O–H groups in total. The summed E-state index contributed by atoms with van der Waals surface area (Å²) in [5.74, 6) is 1.82. The first-order chi connectivity index (χ1) is 10.0. The molecule has 0 radical (unpaired) electrons. The van der Waals surface area contributed by atoms with E-state index in [0.29, 0.717) is 0 Å². The zero-order valence-corrected chi connectivity index (χ0v) is 12.6. The smallest absolute Gasteiger partial charge is 0.152 e. The molecule has 5 heteroatoms. The van der Waals surface area contributed by atoms with E-state index in [4.69, 9.17) is 4.42 Å². The lowest BCUT2D eigenvalue weighted by molar-refractivity contribution is 0.513. The molecule has 3 rings (SSSR count). The fourth-order valence-electron chi connectivity index (χ4n) is 2.18. The summed E-state index contributed by atoms with van der Waals surface area (Å²) in [6.45, 7) is 7.25. The number of anilines is 1. The van der Waals surface area contributed by atoms with E-state index >= 15 is 0 Å². The van der Waals surface area contributed by atoms with E-state index in [2.05, 4.69) is 42.2 Å². The zero-order valence-electron chi connectivity index (χ0n) is 12.6. The minimum atomic E-state index is 0.0253. The molecule has 0 fully saturated rings. The molecular formula is C16H20N4O. The van der Waals surface area contributed by atoms with Crippen molar-refractivity contribution >= 4 is 11.3 Å². The van der Waals surface area contributed by atoms with Crippen LogP contribution >= 0.6 is 0 Å². The van der Waals surface area contributed by atoms with Gasteiger partial charge in [-0.25, -0.2) is 9.50 Å². The summed E-state index contributed by atoms with van der Waals surface area (Å²) in [7, 11) is 0. The van der Waals surface area contributed by atoms with Gasteiger partial charge in [-0.15, -0.1) is 0 Å². The predicted molar refractivity (Wildman–Crippen MR) is 82.6 cm³/mol. The van der Waals surface area contributed by atoms with Gasteiger partial charge in [0.25, 0.3) is 0 Å². The van der Waals surface area contributed by atoms with Crippen LogP contribution in [0, 0.1) is 0 Å². The summed E-state index contributed by atoms with van der Waals surface area (Å²) in [5.41, 5.74) is 2.09. The highest BCUT2D eigenvalue weighted by atomic mass is 16.3. The van der Waals surface area contributed by atoms with Crippen LogP contribution in [0.25, 0.3) is 5.52 Å². The van der Waals surface area contributed by atoms with Crippen LogP contribution in [0.4, 0.5) is 5.82 Å². The highest BCUT2D eigenvalue weighted by Gasteiger charge is 2.18. The molecule has 0 aliphatic rings. The maximum absolute atomic E-state index is 5.33. The minimum Gasteiger partial charge on any atom is -0.469 e. The second-order valence-corrected chi connectivity index (χ2v) is 6.14. The van der Waals surface area contributed by atoms with E-state index in [-0.39, 0.29) is 5.41 Å². The van der Waals surface area contributed by atoms with E-state index < -0.39 is 0 Å². The van der Waals surface area contributed by atoms with Crippen molar-refractivity contribution in [2.75, 3.05) is 11.9 Å². The molecule has 0 saturated carbocycles. The van der Waals surface area contributed by atoms with Crippen molar-refractivity contribution in [1.29, 1.82) is 0 Å². The Kier molecular flexibility index (Phi) is 3.41. The van der Waals surface area contributed by atoms with Crippen LogP contribution < -0.4 is 5.32 Å². The average Bonchev–Trinajstić information content (AvgIpc) is 3.06. The number of nitrogens with one attached hydrogen (secondary N) is 1. The van der Waals surface area contributed by atoms with Crippen molar-refractivity contribution in [2.45, 2.75) is 32.6 Å². The largest absolute Gasteiger partial charge is 0.469 e. The minimum absolute atomic E-state index is 0.0253. The maximum atomic E-state index is 5.33. The lowest BCUT2D eigenvalue weighted by atomic mass is 9.92. The molecule has 0 aromatic carbocycles. The van der Waals surface area contributed by atoms with Crippen LogP contribution in [0.15, 0.2) is 41.3 Å². The first-order valence-electron chi connectivity index (χ1n) is 7.15.